The molecule has 0 bridgehead atoms. The van der Waals surface area contributed by atoms with Crippen molar-refractivity contribution < 1.29 is 0 Å². The molecule has 0 radical (unpaired) electrons. The Bertz CT molecular complexity index is 341. The Morgan fingerprint density at radius 2 is 1.53 bits per heavy atom. The average Bonchev–Trinajstić information content (AvgIpc) is 2.21. The Morgan fingerprint density at radius 1 is 1.00 bits per heavy atom. The Labute approximate surface area is 93.7 Å². The highest BCUT2D eigenvalue weighted by Crippen LogP contribution is 2.28. The second-order valence-corrected chi connectivity index (χ2v) is 4.79. The fourth-order valence-corrected chi connectivity index (χ4v) is 1.98. The molecule has 0 aliphatic heterocycles. The molecule has 0 fully saturated rings. The molecule has 1 aromatic carbocycles. The van der Waals surface area contributed by atoms with Gasteiger partial charge in [0.1, 0.15) is 0 Å². The summed E-state index contributed by atoms with van der Waals surface area (Å²) < 4.78 is 0. The van der Waals surface area contributed by atoms with Gasteiger partial charge in [0.25, 0.3) is 0 Å². The number of hydrogen-bond acceptors (Lipinski definition) is 1. The quantitative estimate of drug-likeness (QED) is 0.805. The number of nitrogens with two attached hydrogens (primary N) is 1. The van der Waals surface area contributed by atoms with Gasteiger partial charge in [-0.2, -0.15) is 0 Å². The standard InChI is InChI=1S/C14H23N/c1-9-6-11(3)14(7-10(9)2)13(5)12(4)8-15/h6-7,12-13H,8,15H2,1-5H3. The summed E-state index contributed by atoms with van der Waals surface area (Å²) >= 11 is 0. The van der Waals surface area contributed by atoms with Crippen LogP contribution >= 0.6 is 0 Å². The van der Waals surface area contributed by atoms with Gasteiger partial charge in [0.15, 0.2) is 0 Å². The van der Waals surface area contributed by atoms with Crippen molar-refractivity contribution in [3.05, 3.63) is 34.4 Å². The molecular formula is C14H23N. The molecule has 2 atom stereocenters. The van der Waals surface area contributed by atoms with Crippen LogP contribution in [0.3, 0.4) is 0 Å². The van der Waals surface area contributed by atoms with Gasteiger partial charge in [-0.1, -0.05) is 26.0 Å². The molecule has 0 heterocycles. The van der Waals surface area contributed by atoms with Crippen molar-refractivity contribution in [3.63, 3.8) is 0 Å². The van der Waals surface area contributed by atoms with E-state index in [9.17, 15) is 0 Å². The monoisotopic (exact) mass is 205 g/mol. The van der Waals surface area contributed by atoms with Gasteiger partial charge in [0.2, 0.25) is 0 Å². The van der Waals surface area contributed by atoms with Crippen molar-refractivity contribution in [1.29, 1.82) is 0 Å². The minimum absolute atomic E-state index is 0.547. The van der Waals surface area contributed by atoms with Gasteiger partial charge in [0, 0.05) is 0 Å². The highest BCUT2D eigenvalue weighted by molar-refractivity contribution is 5.38. The summed E-state index contributed by atoms with van der Waals surface area (Å²) in [6.07, 6.45) is 0. The Morgan fingerprint density at radius 3 is 2.07 bits per heavy atom. The predicted molar refractivity (Wildman–Crippen MR) is 67.3 cm³/mol. The third kappa shape index (κ3) is 2.60. The first-order valence-electron chi connectivity index (χ1n) is 5.75. The summed E-state index contributed by atoms with van der Waals surface area (Å²) in [6.45, 7) is 11.8. The lowest BCUT2D eigenvalue weighted by Gasteiger charge is -2.21. The molecule has 2 unspecified atom stereocenters. The smallest absolute Gasteiger partial charge is 0.00458 e. The highest BCUT2D eigenvalue weighted by Gasteiger charge is 2.15. The number of aryl methyl sites for hydroxylation is 3. The van der Waals surface area contributed by atoms with Crippen LogP contribution in [0.2, 0.25) is 0 Å². The number of hydrogen-bond donors (Lipinski definition) is 1. The van der Waals surface area contributed by atoms with Crippen molar-refractivity contribution in [2.24, 2.45) is 11.7 Å². The van der Waals surface area contributed by atoms with Gasteiger partial charge in [-0.15, -0.1) is 0 Å². The van der Waals surface area contributed by atoms with Crippen LogP contribution in [-0.2, 0) is 0 Å². The van der Waals surface area contributed by atoms with E-state index in [1.165, 1.54) is 22.3 Å². The molecule has 1 aromatic rings. The molecule has 0 aromatic heterocycles. The molecule has 0 saturated heterocycles. The number of rotatable bonds is 3. The summed E-state index contributed by atoms with van der Waals surface area (Å²) in [5.41, 5.74) is 11.3. The fraction of sp³-hybridized carbons (Fsp3) is 0.571. The molecule has 0 amide bonds. The van der Waals surface area contributed by atoms with Crippen molar-refractivity contribution in [3.8, 4) is 0 Å². The third-order valence-electron chi connectivity index (χ3n) is 3.60. The van der Waals surface area contributed by atoms with Crippen LogP contribution in [0, 0.1) is 26.7 Å². The highest BCUT2D eigenvalue weighted by atomic mass is 14.5. The zero-order valence-corrected chi connectivity index (χ0v) is 10.6. The summed E-state index contributed by atoms with van der Waals surface area (Å²) in [5, 5.41) is 0. The first-order valence-corrected chi connectivity index (χ1v) is 5.75. The minimum atomic E-state index is 0.547. The molecule has 1 rings (SSSR count). The van der Waals surface area contributed by atoms with E-state index < -0.39 is 0 Å². The van der Waals surface area contributed by atoms with E-state index in [2.05, 4.69) is 46.8 Å². The molecule has 0 spiro atoms. The SMILES string of the molecule is Cc1cc(C)c(C(C)C(C)CN)cc1C. The van der Waals surface area contributed by atoms with Gasteiger partial charge in [-0.3, -0.25) is 0 Å². The molecule has 1 heteroatoms. The van der Waals surface area contributed by atoms with E-state index >= 15 is 0 Å². The minimum Gasteiger partial charge on any atom is -0.330 e. The molecule has 15 heavy (non-hydrogen) atoms. The van der Waals surface area contributed by atoms with Crippen LogP contribution in [-0.4, -0.2) is 6.54 Å². The molecular weight excluding hydrogens is 182 g/mol. The second kappa shape index (κ2) is 4.80. The van der Waals surface area contributed by atoms with E-state index in [1.54, 1.807) is 0 Å². The van der Waals surface area contributed by atoms with E-state index in [1.807, 2.05) is 0 Å². The zero-order chi connectivity index (χ0) is 11.6. The lowest BCUT2D eigenvalue weighted by Crippen LogP contribution is -2.17. The summed E-state index contributed by atoms with van der Waals surface area (Å²) in [7, 11) is 0. The van der Waals surface area contributed by atoms with E-state index in [4.69, 9.17) is 5.73 Å². The van der Waals surface area contributed by atoms with Gasteiger partial charge >= 0.3 is 0 Å². The predicted octanol–water partition coefficient (Wildman–Crippen LogP) is 3.31. The van der Waals surface area contributed by atoms with Crippen molar-refractivity contribution >= 4 is 0 Å². The Kier molecular flexibility index (Phi) is 3.92. The Balaban J connectivity index is 3.09. The van der Waals surface area contributed by atoms with E-state index in [0.717, 1.165) is 6.54 Å². The van der Waals surface area contributed by atoms with Crippen molar-refractivity contribution in [1.82, 2.24) is 0 Å². The average molecular weight is 205 g/mol. The van der Waals surface area contributed by atoms with E-state index in [-0.39, 0.29) is 0 Å². The lowest BCUT2D eigenvalue weighted by atomic mass is 9.85. The van der Waals surface area contributed by atoms with Gasteiger partial charge in [-0.05, 0) is 61.4 Å². The van der Waals surface area contributed by atoms with Crippen LogP contribution in [0.25, 0.3) is 0 Å². The topological polar surface area (TPSA) is 26.0 Å². The summed E-state index contributed by atoms with van der Waals surface area (Å²) in [5.74, 6) is 1.10. The van der Waals surface area contributed by atoms with Crippen molar-refractivity contribution in [2.75, 3.05) is 6.54 Å². The molecule has 0 aliphatic carbocycles. The van der Waals surface area contributed by atoms with Gasteiger partial charge in [-0.25, -0.2) is 0 Å². The fourth-order valence-electron chi connectivity index (χ4n) is 1.98. The second-order valence-electron chi connectivity index (χ2n) is 4.79. The van der Waals surface area contributed by atoms with Crippen LogP contribution in [0.15, 0.2) is 12.1 Å². The molecule has 84 valence electrons. The number of benzene rings is 1. The first kappa shape index (κ1) is 12.3. The third-order valence-corrected chi connectivity index (χ3v) is 3.60. The van der Waals surface area contributed by atoms with Crippen LogP contribution in [0.5, 0.6) is 0 Å². The molecule has 2 N–H and O–H groups in total. The first-order chi connectivity index (χ1) is 6.97. The summed E-state index contributed by atoms with van der Waals surface area (Å²) in [6, 6.07) is 4.60. The largest absolute Gasteiger partial charge is 0.330 e. The molecule has 1 nitrogen and oxygen atoms in total. The molecule has 0 aliphatic rings. The Hall–Kier alpha value is -0.820. The summed E-state index contributed by atoms with van der Waals surface area (Å²) in [4.78, 5) is 0. The maximum Gasteiger partial charge on any atom is -0.00458 e. The van der Waals surface area contributed by atoms with Crippen molar-refractivity contribution in [2.45, 2.75) is 40.5 Å². The van der Waals surface area contributed by atoms with Gasteiger partial charge in [0.05, 0.1) is 0 Å². The molecule has 0 saturated carbocycles. The maximum absolute atomic E-state index is 5.73. The van der Waals surface area contributed by atoms with Crippen LogP contribution in [0.4, 0.5) is 0 Å². The van der Waals surface area contributed by atoms with Gasteiger partial charge < -0.3 is 5.73 Å². The zero-order valence-electron chi connectivity index (χ0n) is 10.6. The lowest BCUT2D eigenvalue weighted by molar-refractivity contribution is 0.497. The van der Waals surface area contributed by atoms with E-state index in [0.29, 0.717) is 11.8 Å². The van der Waals surface area contributed by atoms with Crippen LogP contribution < -0.4 is 5.73 Å². The normalized spacial score (nSPS) is 15.1. The maximum atomic E-state index is 5.73. The van der Waals surface area contributed by atoms with Crippen LogP contribution in [0.1, 0.15) is 42.0 Å².